The van der Waals surface area contributed by atoms with Gasteiger partial charge in [-0.25, -0.2) is 9.97 Å². The van der Waals surface area contributed by atoms with E-state index in [4.69, 9.17) is 18.0 Å². The molecule has 0 atom stereocenters. The molecule has 90 valence electrons. The Morgan fingerprint density at radius 3 is 2.94 bits per heavy atom. The molecule has 4 heteroatoms. The number of hydrogen-bond acceptors (Lipinski definition) is 3. The molecule has 1 heterocycles. The van der Waals surface area contributed by atoms with Gasteiger partial charge >= 0.3 is 0 Å². The van der Waals surface area contributed by atoms with Crippen LogP contribution in [0.5, 0.6) is 0 Å². The number of halogens is 1. The monoisotopic (exact) mass is 249 g/mol. The molecule has 0 saturated heterocycles. The van der Waals surface area contributed by atoms with Gasteiger partial charge in [-0.1, -0.05) is 11.6 Å². The van der Waals surface area contributed by atoms with Crippen molar-refractivity contribution in [2.75, 3.05) is 11.9 Å². The maximum absolute atomic E-state index is 5.97. The topological polar surface area (TPSA) is 37.8 Å². The molecule has 1 aromatic heterocycles. The molecule has 0 aliphatic heterocycles. The number of rotatable bonds is 6. The van der Waals surface area contributed by atoms with Crippen LogP contribution in [0.2, 0.25) is 5.15 Å². The minimum Gasteiger partial charge on any atom is -0.370 e. The average molecular weight is 250 g/mol. The third-order valence-electron chi connectivity index (χ3n) is 2.71. The van der Waals surface area contributed by atoms with Gasteiger partial charge < -0.3 is 5.32 Å². The van der Waals surface area contributed by atoms with Crippen LogP contribution in [0.1, 0.15) is 43.8 Å². The summed E-state index contributed by atoms with van der Waals surface area (Å²) >= 11 is 5.97. The Kier molecular flexibility index (Phi) is 4.22. The first kappa shape index (κ1) is 12.2. The molecular formula is C13H16ClN3. The first-order valence-corrected chi connectivity index (χ1v) is 6.39. The smallest absolute Gasteiger partial charge is 0.135 e. The van der Waals surface area contributed by atoms with E-state index in [1.807, 2.05) is 0 Å². The van der Waals surface area contributed by atoms with Crippen molar-refractivity contribution in [2.24, 2.45) is 0 Å². The van der Waals surface area contributed by atoms with E-state index in [2.05, 4.69) is 21.2 Å². The van der Waals surface area contributed by atoms with E-state index in [0.29, 0.717) is 11.1 Å². The number of anilines is 1. The Morgan fingerprint density at radius 2 is 2.24 bits per heavy atom. The zero-order valence-corrected chi connectivity index (χ0v) is 10.5. The van der Waals surface area contributed by atoms with Crippen LogP contribution in [0.25, 0.3) is 0 Å². The third-order valence-corrected chi connectivity index (χ3v) is 2.90. The van der Waals surface area contributed by atoms with Crippen LogP contribution in [-0.4, -0.2) is 16.5 Å². The fraction of sp³-hybridized carbons (Fsp3) is 0.538. The summed E-state index contributed by atoms with van der Waals surface area (Å²) in [6.07, 6.45) is 10.5. The van der Waals surface area contributed by atoms with Crippen LogP contribution in [0.3, 0.4) is 0 Å². The van der Waals surface area contributed by atoms with E-state index in [1.54, 1.807) is 6.07 Å². The zero-order valence-electron chi connectivity index (χ0n) is 9.75. The van der Waals surface area contributed by atoms with Crippen molar-refractivity contribution < 1.29 is 0 Å². The zero-order chi connectivity index (χ0) is 12.1. The van der Waals surface area contributed by atoms with E-state index >= 15 is 0 Å². The minimum atomic E-state index is 0.521. The van der Waals surface area contributed by atoms with Crippen LogP contribution in [0.15, 0.2) is 6.07 Å². The van der Waals surface area contributed by atoms with Gasteiger partial charge in [-0.3, -0.25) is 0 Å². The maximum Gasteiger partial charge on any atom is 0.135 e. The summed E-state index contributed by atoms with van der Waals surface area (Å²) in [5.41, 5.74) is 0. The molecule has 17 heavy (non-hydrogen) atoms. The molecule has 1 aliphatic carbocycles. The highest BCUT2D eigenvalue weighted by molar-refractivity contribution is 6.29. The second-order valence-electron chi connectivity index (χ2n) is 4.30. The molecule has 0 amide bonds. The Hall–Kier alpha value is -1.27. The van der Waals surface area contributed by atoms with Crippen molar-refractivity contribution in [3.05, 3.63) is 17.0 Å². The van der Waals surface area contributed by atoms with E-state index in [0.717, 1.165) is 37.4 Å². The van der Waals surface area contributed by atoms with E-state index in [9.17, 15) is 0 Å². The second kappa shape index (κ2) is 5.88. The predicted octanol–water partition coefficient (Wildman–Crippen LogP) is 3.22. The molecule has 0 radical (unpaired) electrons. The van der Waals surface area contributed by atoms with Crippen molar-refractivity contribution in [2.45, 2.75) is 38.0 Å². The van der Waals surface area contributed by atoms with Crippen LogP contribution >= 0.6 is 11.6 Å². The number of aromatic nitrogens is 2. The Morgan fingerprint density at radius 1 is 1.41 bits per heavy atom. The van der Waals surface area contributed by atoms with Crippen LogP contribution in [0.4, 0.5) is 5.82 Å². The lowest BCUT2D eigenvalue weighted by atomic mass is 10.2. The van der Waals surface area contributed by atoms with Crippen molar-refractivity contribution >= 4 is 17.4 Å². The van der Waals surface area contributed by atoms with Gasteiger partial charge in [0.2, 0.25) is 0 Å². The Bertz CT molecular complexity index is 421. The maximum atomic E-state index is 5.97. The van der Waals surface area contributed by atoms with Gasteiger partial charge in [-0.2, -0.15) is 0 Å². The van der Waals surface area contributed by atoms with Crippen LogP contribution in [-0.2, 0) is 0 Å². The molecule has 1 aromatic rings. The third kappa shape index (κ3) is 3.90. The first-order valence-electron chi connectivity index (χ1n) is 6.01. The van der Waals surface area contributed by atoms with Crippen molar-refractivity contribution in [3.8, 4) is 12.3 Å². The largest absolute Gasteiger partial charge is 0.370 e. The molecule has 1 saturated carbocycles. The molecule has 0 spiro atoms. The molecule has 0 bridgehead atoms. The lowest BCUT2D eigenvalue weighted by Gasteiger charge is -2.06. The fourth-order valence-electron chi connectivity index (χ4n) is 1.62. The van der Waals surface area contributed by atoms with Crippen LogP contribution < -0.4 is 5.32 Å². The van der Waals surface area contributed by atoms with Crippen LogP contribution in [0, 0.1) is 12.3 Å². The second-order valence-corrected chi connectivity index (χ2v) is 4.68. The highest BCUT2D eigenvalue weighted by Crippen LogP contribution is 2.38. The quantitative estimate of drug-likeness (QED) is 0.478. The predicted molar refractivity (Wildman–Crippen MR) is 70.2 cm³/mol. The molecular weight excluding hydrogens is 234 g/mol. The highest BCUT2D eigenvalue weighted by atomic mass is 35.5. The van der Waals surface area contributed by atoms with Gasteiger partial charge in [0.25, 0.3) is 0 Å². The Balaban J connectivity index is 1.85. The number of unbranched alkanes of at least 4 members (excludes halogenated alkanes) is 2. The number of nitrogens with one attached hydrogen (secondary N) is 1. The highest BCUT2D eigenvalue weighted by Gasteiger charge is 2.27. The van der Waals surface area contributed by atoms with Crippen molar-refractivity contribution in [1.29, 1.82) is 0 Å². The van der Waals surface area contributed by atoms with Crippen molar-refractivity contribution in [1.82, 2.24) is 9.97 Å². The summed E-state index contributed by atoms with van der Waals surface area (Å²) < 4.78 is 0. The first-order chi connectivity index (χ1) is 8.29. The number of hydrogen-bond donors (Lipinski definition) is 1. The molecule has 3 nitrogen and oxygen atoms in total. The molecule has 1 aliphatic rings. The van der Waals surface area contributed by atoms with Gasteiger partial charge in [0, 0.05) is 24.9 Å². The van der Waals surface area contributed by atoms with E-state index < -0.39 is 0 Å². The summed E-state index contributed by atoms with van der Waals surface area (Å²) in [6.45, 7) is 0.874. The summed E-state index contributed by atoms with van der Waals surface area (Å²) in [5, 5.41) is 3.78. The molecule has 2 rings (SSSR count). The fourth-order valence-corrected chi connectivity index (χ4v) is 1.81. The molecule has 1 fully saturated rings. The average Bonchev–Trinajstić information content (AvgIpc) is 3.12. The standard InChI is InChI=1S/C13H16ClN3/c1-2-3-4-5-8-15-12-9-11(14)16-13(17-12)10-6-7-10/h1,9-10H,3-8H2,(H,15,16,17). The van der Waals surface area contributed by atoms with Gasteiger partial charge in [0.15, 0.2) is 0 Å². The van der Waals surface area contributed by atoms with E-state index in [1.165, 1.54) is 12.8 Å². The normalized spacial score (nSPS) is 14.4. The number of terminal acetylenes is 1. The lowest BCUT2D eigenvalue weighted by molar-refractivity contribution is 0.785. The van der Waals surface area contributed by atoms with Gasteiger partial charge in [0.1, 0.15) is 16.8 Å². The van der Waals surface area contributed by atoms with Crippen molar-refractivity contribution in [3.63, 3.8) is 0 Å². The lowest BCUT2D eigenvalue weighted by Crippen LogP contribution is -2.05. The minimum absolute atomic E-state index is 0.521. The Labute approximate surface area is 107 Å². The summed E-state index contributed by atoms with van der Waals surface area (Å²) in [5.74, 6) is 4.86. The van der Waals surface area contributed by atoms with Gasteiger partial charge in [-0.15, -0.1) is 12.3 Å². The summed E-state index contributed by atoms with van der Waals surface area (Å²) in [4.78, 5) is 8.71. The van der Waals surface area contributed by atoms with Gasteiger partial charge in [0.05, 0.1) is 0 Å². The van der Waals surface area contributed by atoms with Gasteiger partial charge in [-0.05, 0) is 25.7 Å². The molecule has 0 unspecified atom stereocenters. The molecule has 0 aromatic carbocycles. The molecule has 1 N–H and O–H groups in total. The summed E-state index contributed by atoms with van der Waals surface area (Å²) in [6, 6.07) is 1.77. The van der Waals surface area contributed by atoms with E-state index in [-0.39, 0.29) is 0 Å². The SMILES string of the molecule is C#CCCCCNc1cc(Cl)nc(C2CC2)n1. The summed E-state index contributed by atoms with van der Waals surface area (Å²) in [7, 11) is 0. The number of nitrogens with zero attached hydrogens (tertiary/aromatic N) is 2.